The van der Waals surface area contributed by atoms with Crippen molar-refractivity contribution in [3.05, 3.63) is 57.8 Å². The summed E-state index contributed by atoms with van der Waals surface area (Å²) in [5, 5.41) is 3.66. The lowest BCUT2D eigenvalue weighted by Gasteiger charge is -2.08. The molecule has 7 heteroatoms. The Bertz CT molecular complexity index is 707. The lowest BCUT2D eigenvalue weighted by molar-refractivity contribution is 0.102. The van der Waals surface area contributed by atoms with Gasteiger partial charge in [-0.2, -0.15) is 0 Å². The molecule has 4 nitrogen and oxygen atoms in total. The summed E-state index contributed by atoms with van der Waals surface area (Å²) in [6, 6.07) is 8.11. The monoisotopic (exact) mass is 342 g/mol. The molecular formula is C14H12Cl2N2O2S. The summed E-state index contributed by atoms with van der Waals surface area (Å²) in [6.07, 6.45) is 3.06. The van der Waals surface area contributed by atoms with E-state index in [1.54, 1.807) is 30.5 Å². The van der Waals surface area contributed by atoms with Crippen LogP contribution in [0.2, 0.25) is 10.0 Å². The molecule has 2 rings (SSSR count). The first-order valence-corrected chi connectivity index (χ1v) is 8.45. The van der Waals surface area contributed by atoms with E-state index in [0.717, 1.165) is 0 Å². The Morgan fingerprint density at radius 1 is 1.29 bits per heavy atom. The van der Waals surface area contributed by atoms with Crippen LogP contribution in [0.25, 0.3) is 0 Å². The molecule has 0 fully saturated rings. The second-order valence-electron chi connectivity index (χ2n) is 4.34. The molecule has 1 N–H and O–H groups in total. The van der Waals surface area contributed by atoms with Crippen LogP contribution in [0.5, 0.6) is 0 Å². The fourth-order valence-corrected chi connectivity index (χ4v) is 2.81. The van der Waals surface area contributed by atoms with Crippen molar-refractivity contribution in [1.29, 1.82) is 0 Å². The number of pyridine rings is 1. The Balaban J connectivity index is 2.19. The molecule has 1 atom stereocenters. The lowest BCUT2D eigenvalue weighted by atomic mass is 10.2. The molecule has 0 aliphatic carbocycles. The van der Waals surface area contributed by atoms with Crippen LogP contribution in [-0.2, 0) is 16.6 Å². The van der Waals surface area contributed by atoms with Crippen molar-refractivity contribution < 1.29 is 9.00 Å². The summed E-state index contributed by atoms with van der Waals surface area (Å²) in [5.41, 5.74) is 1.50. The SMILES string of the molecule is CS(=O)Cc1cc(NC(=O)c2cc(Cl)ccn2)ccc1Cl. The quantitative estimate of drug-likeness (QED) is 0.924. The first-order valence-electron chi connectivity index (χ1n) is 5.97. The maximum Gasteiger partial charge on any atom is 0.274 e. The molecule has 0 aliphatic rings. The zero-order chi connectivity index (χ0) is 15.4. The van der Waals surface area contributed by atoms with Gasteiger partial charge in [0.2, 0.25) is 0 Å². The van der Waals surface area contributed by atoms with Gasteiger partial charge in [-0.1, -0.05) is 23.2 Å². The number of nitrogens with zero attached hydrogens (tertiary/aromatic N) is 1. The number of hydrogen-bond acceptors (Lipinski definition) is 3. The van der Waals surface area contributed by atoms with Crippen LogP contribution >= 0.6 is 23.2 Å². The number of benzene rings is 1. The predicted molar refractivity (Wildman–Crippen MR) is 86.4 cm³/mol. The van der Waals surface area contributed by atoms with Gasteiger partial charge in [-0.25, -0.2) is 0 Å². The number of halogens is 2. The van der Waals surface area contributed by atoms with Gasteiger partial charge in [-0.05, 0) is 35.9 Å². The lowest BCUT2D eigenvalue weighted by Crippen LogP contribution is -2.13. The highest BCUT2D eigenvalue weighted by Crippen LogP contribution is 2.22. The minimum absolute atomic E-state index is 0.220. The van der Waals surface area contributed by atoms with Crippen LogP contribution in [0.3, 0.4) is 0 Å². The predicted octanol–water partition coefficient (Wildman–Crippen LogP) is 3.52. The molecule has 1 unspecified atom stereocenters. The maximum absolute atomic E-state index is 12.1. The number of amides is 1. The Kier molecular flexibility index (Phi) is 5.33. The Morgan fingerprint density at radius 2 is 2.05 bits per heavy atom. The summed E-state index contributed by atoms with van der Waals surface area (Å²) in [6.45, 7) is 0. The van der Waals surface area contributed by atoms with Crippen molar-refractivity contribution in [2.75, 3.05) is 11.6 Å². The molecule has 110 valence electrons. The summed E-state index contributed by atoms with van der Waals surface area (Å²) < 4.78 is 11.3. The van der Waals surface area contributed by atoms with Crippen molar-refractivity contribution in [1.82, 2.24) is 4.98 Å². The first kappa shape index (κ1) is 15.9. The van der Waals surface area contributed by atoms with Crippen molar-refractivity contribution in [2.45, 2.75) is 5.75 Å². The zero-order valence-electron chi connectivity index (χ0n) is 11.1. The Hall–Kier alpha value is -1.43. The van der Waals surface area contributed by atoms with E-state index >= 15 is 0 Å². The molecule has 0 spiro atoms. The maximum atomic E-state index is 12.1. The van der Waals surface area contributed by atoms with Crippen LogP contribution in [0.15, 0.2) is 36.5 Å². The van der Waals surface area contributed by atoms with Gasteiger partial charge < -0.3 is 5.32 Å². The average molecular weight is 343 g/mol. The van der Waals surface area contributed by atoms with E-state index in [1.165, 1.54) is 12.3 Å². The topological polar surface area (TPSA) is 59.1 Å². The van der Waals surface area contributed by atoms with Crippen molar-refractivity contribution >= 4 is 45.6 Å². The molecular weight excluding hydrogens is 331 g/mol. The van der Waals surface area contributed by atoms with E-state index in [2.05, 4.69) is 10.3 Å². The number of hydrogen-bond donors (Lipinski definition) is 1. The molecule has 0 aliphatic heterocycles. The summed E-state index contributed by atoms with van der Waals surface area (Å²) >= 11 is 11.9. The molecule has 1 heterocycles. The van der Waals surface area contributed by atoms with E-state index in [-0.39, 0.29) is 11.6 Å². The van der Waals surface area contributed by atoms with E-state index in [0.29, 0.717) is 27.0 Å². The van der Waals surface area contributed by atoms with Crippen LogP contribution in [0, 0.1) is 0 Å². The van der Waals surface area contributed by atoms with E-state index in [4.69, 9.17) is 23.2 Å². The normalized spacial score (nSPS) is 12.0. The van der Waals surface area contributed by atoms with Gasteiger partial charge in [0.15, 0.2) is 0 Å². The van der Waals surface area contributed by atoms with E-state index in [9.17, 15) is 9.00 Å². The summed E-state index contributed by atoms with van der Waals surface area (Å²) in [5.74, 6) is -0.0405. The van der Waals surface area contributed by atoms with Crippen LogP contribution < -0.4 is 5.32 Å². The fraction of sp³-hybridized carbons (Fsp3) is 0.143. The molecule has 0 saturated heterocycles. The van der Waals surface area contributed by atoms with Crippen LogP contribution in [-0.4, -0.2) is 21.4 Å². The van der Waals surface area contributed by atoms with Gasteiger partial charge in [-0.3, -0.25) is 14.0 Å². The van der Waals surface area contributed by atoms with Crippen LogP contribution in [0.4, 0.5) is 5.69 Å². The standard InChI is InChI=1S/C14H12Cl2N2O2S/c1-21(20)8-9-6-11(2-3-12(9)16)18-14(19)13-7-10(15)4-5-17-13/h2-7H,8H2,1H3,(H,18,19). The number of carbonyl (C=O) groups is 1. The van der Waals surface area contributed by atoms with Gasteiger partial charge in [-0.15, -0.1) is 0 Å². The number of anilines is 1. The smallest absolute Gasteiger partial charge is 0.274 e. The van der Waals surface area contributed by atoms with Gasteiger partial charge in [0.1, 0.15) is 5.69 Å². The van der Waals surface area contributed by atoms with Gasteiger partial charge in [0.25, 0.3) is 5.91 Å². The fourth-order valence-electron chi connectivity index (χ4n) is 1.71. The largest absolute Gasteiger partial charge is 0.321 e. The number of aromatic nitrogens is 1. The van der Waals surface area contributed by atoms with Gasteiger partial charge in [0.05, 0.1) is 0 Å². The third-order valence-electron chi connectivity index (χ3n) is 2.62. The Morgan fingerprint density at radius 3 is 2.71 bits per heavy atom. The van der Waals surface area contributed by atoms with Crippen molar-refractivity contribution in [3.63, 3.8) is 0 Å². The average Bonchev–Trinajstić information content (AvgIpc) is 2.42. The van der Waals surface area contributed by atoms with Crippen molar-refractivity contribution in [2.24, 2.45) is 0 Å². The summed E-state index contributed by atoms with van der Waals surface area (Å²) in [7, 11) is -1.01. The van der Waals surface area contributed by atoms with Gasteiger partial charge >= 0.3 is 0 Å². The minimum atomic E-state index is -1.01. The summed E-state index contributed by atoms with van der Waals surface area (Å²) in [4.78, 5) is 16.0. The van der Waals surface area contributed by atoms with Gasteiger partial charge in [0, 0.05) is 44.7 Å². The second kappa shape index (κ2) is 7.02. The molecule has 1 amide bonds. The third kappa shape index (κ3) is 4.52. The Labute approximate surface area is 134 Å². The molecule has 21 heavy (non-hydrogen) atoms. The molecule has 0 saturated carbocycles. The second-order valence-corrected chi connectivity index (χ2v) is 6.62. The van der Waals surface area contributed by atoms with Crippen LogP contribution in [0.1, 0.15) is 16.1 Å². The van der Waals surface area contributed by atoms with Crippen molar-refractivity contribution in [3.8, 4) is 0 Å². The highest BCUT2D eigenvalue weighted by Gasteiger charge is 2.10. The number of rotatable bonds is 4. The first-order chi connectivity index (χ1) is 9.95. The number of carbonyl (C=O) groups excluding carboxylic acids is 1. The molecule has 1 aromatic carbocycles. The highest BCUT2D eigenvalue weighted by molar-refractivity contribution is 7.83. The minimum Gasteiger partial charge on any atom is -0.321 e. The molecule has 1 aromatic heterocycles. The van der Waals surface area contributed by atoms with E-state index in [1.807, 2.05) is 0 Å². The molecule has 2 aromatic rings. The highest BCUT2D eigenvalue weighted by atomic mass is 35.5. The van der Waals surface area contributed by atoms with E-state index < -0.39 is 10.8 Å². The third-order valence-corrected chi connectivity index (χ3v) is 3.94. The molecule has 0 bridgehead atoms. The zero-order valence-corrected chi connectivity index (χ0v) is 13.4. The number of nitrogens with one attached hydrogen (secondary N) is 1. The molecule has 0 radical (unpaired) electrons.